The first-order valence-electron chi connectivity index (χ1n) is 8.36. The Morgan fingerprint density at radius 2 is 2.12 bits per heavy atom. The van der Waals surface area contributed by atoms with Gasteiger partial charge in [0.2, 0.25) is 5.91 Å². The van der Waals surface area contributed by atoms with E-state index in [1.54, 1.807) is 25.3 Å². The fourth-order valence-corrected chi connectivity index (χ4v) is 2.88. The van der Waals surface area contributed by atoms with E-state index in [9.17, 15) is 4.79 Å². The second-order valence-corrected chi connectivity index (χ2v) is 5.94. The van der Waals surface area contributed by atoms with Crippen LogP contribution in [0.5, 0.6) is 11.5 Å². The molecule has 0 aromatic heterocycles. The summed E-state index contributed by atoms with van der Waals surface area (Å²) in [5.74, 6) is 1.59. The van der Waals surface area contributed by atoms with Crippen LogP contribution in [0.25, 0.3) is 6.08 Å². The SMILES string of the molecule is COc1cc(C=CC(=O)NCC2CCCCC2)ccc1OCC#N. The van der Waals surface area contributed by atoms with E-state index in [-0.39, 0.29) is 12.5 Å². The second-order valence-electron chi connectivity index (χ2n) is 5.94. The van der Waals surface area contributed by atoms with Crippen molar-refractivity contribution in [1.29, 1.82) is 5.26 Å². The van der Waals surface area contributed by atoms with Gasteiger partial charge in [-0.1, -0.05) is 25.3 Å². The van der Waals surface area contributed by atoms with Gasteiger partial charge in [-0.05, 0) is 42.5 Å². The van der Waals surface area contributed by atoms with Crippen molar-refractivity contribution in [3.05, 3.63) is 29.8 Å². The Kier molecular flexibility index (Phi) is 7.16. The third-order valence-electron chi connectivity index (χ3n) is 4.20. The van der Waals surface area contributed by atoms with Crippen LogP contribution in [-0.2, 0) is 4.79 Å². The first kappa shape index (κ1) is 17.9. The number of methoxy groups -OCH3 is 1. The number of carbonyl (C=O) groups excluding carboxylic acids is 1. The standard InChI is InChI=1S/C19H24N2O3/c1-23-18-13-15(7-9-17(18)24-12-11-20)8-10-19(22)21-14-16-5-3-2-4-6-16/h7-10,13,16H,2-6,12,14H2,1H3,(H,21,22). The number of hydrogen-bond acceptors (Lipinski definition) is 4. The molecule has 2 rings (SSSR count). The molecule has 0 aliphatic heterocycles. The number of benzene rings is 1. The lowest BCUT2D eigenvalue weighted by Gasteiger charge is -2.21. The zero-order valence-electron chi connectivity index (χ0n) is 14.1. The Hall–Kier alpha value is -2.48. The highest BCUT2D eigenvalue weighted by molar-refractivity contribution is 5.91. The van der Waals surface area contributed by atoms with E-state index in [0.29, 0.717) is 17.4 Å². The molecule has 1 aromatic rings. The normalized spacial score (nSPS) is 15.0. The van der Waals surface area contributed by atoms with E-state index >= 15 is 0 Å². The molecular weight excluding hydrogens is 304 g/mol. The fraction of sp³-hybridized carbons (Fsp3) is 0.474. The molecule has 0 radical (unpaired) electrons. The fourth-order valence-electron chi connectivity index (χ4n) is 2.88. The van der Waals surface area contributed by atoms with Gasteiger partial charge < -0.3 is 14.8 Å². The van der Waals surface area contributed by atoms with Gasteiger partial charge in [0.25, 0.3) is 0 Å². The summed E-state index contributed by atoms with van der Waals surface area (Å²) in [6, 6.07) is 7.25. The predicted molar refractivity (Wildman–Crippen MR) is 92.7 cm³/mol. The van der Waals surface area contributed by atoms with Crippen LogP contribution in [0.4, 0.5) is 0 Å². The molecule has 1 aliphatic rings. The Morgan fingerprint density at radius 1 is 1.33 bits per heavy atom. The maximum absolute atomic E-state index is 11.9. The number of nitrogens with zero attached hydrogens (tertiary/aromatic N) is 1. The molecule has 24 heavy (non-hydrogen) atoms. The van der Waals surface area contributed by atoms with Crippen molar-refractivity contribution in [2.75, 3.05) is 20.3 Å². The Morgan fingerprint density at radius 3 is 2.83 bits per heavy atom. The van der Waals surface area contributed by atoms with Crippen molar-refractivity contribution in [2.45, 2.75) is 32.1 Å². The molecule has 1 aliphatic carbocycles. The molecular formula is C19H24N2O3. The van der Waals surface area contributed by atoms with Gasteiger partial charge in [-0.3, -0.25) is 4.79 Å². The summed E-state index contributed by atoms with van der Waals surface area (Å²) in [6.07, 6.45) is 9.57. The minimum Gasteiger partial charge on any atom is -0.493 e. The van der Waals surface area contributed by atoms with E-state index in [1.807, 2.05) is 12.1 Å². The van der Waals surface area contributed by atoms with Crippen LogP contribution in [0, 0.1) is 17.2 Å². The third kappa shape index (κ3) is 5.62. The monoisotopic (exact) mass is 328 g/mol. The van der Waals surface area contributed by atoms with Gasteiger partial charge in [-0.15, -0.1) is 0 Å². The Bertz CT molecular complexity index is 614. The van der Waals surface area contributed by atoms with Crippen molar-refractivity contribution in [3.8, 4) is 17.6 Å². The summed E-state index contributed by atoms with van der Waals surface area (Å²) in [5.41, 5.74) is 0.837. The maximum Gasteiger partial charge on any atom is 0.244 e. The smallest absolute Gasteiger partial charge is 0.244 e. The van der Waals surface area contributed by atoms with E-state index in [0.717, 1.165) is 12.1 Å². The molecule has 128 valence electrons. The quantitative estimate of drug-likeness (QED) is 0.780. The zero-order valence-corrected chi connectivity index (χ0v) is 14.1. The molecule has 0 saturated heterocycles. The minimum absolute atomic E-state index is 0.0326. The first-order valence-corrected chi connectivity index (χ1v) is 8.36. The summed E-state index contributed by atoms with van der Waals surface area (Å²) in [5, 5.41) is 11.5. The largest absolute Gasteiger partial charge is 0.493 e. The van der Waals surface area contributed by atoms with E-state index in [2.05, 4.69) is 5.32 Å². The molecule has 1 saturated carbocycles. The molecule has 1 aromatic carbocycles. The molecule has 0 atom stereocenters. The third-order valence-corrected chi connectivity index (χ3v) is 4.20. The van der Waals surface area contributed by atoms with Gasteiger partial charge >= 0.3 is 0 Å². The van der Waals surface area contributed by atoms with Crippen molar-refractivity contribution >= 4 is 12.0 Å². The highest BCUT2D eigenvalue weighted by Gasteiger charge is 2.13. The summed E-state index contributed by atoms with van der Waals surface area (Å²) in [7, 11) is 1.54. The van der Waals surface area contributed by atoms with Crippen LogP contribution in [0.15, 0.2) is 24.3 Å². The number of rotatable bonds is 7. The van der Waals surface area contributed by atoms with E-state index in [4.69, 9.17) is 14.7 Å². The Balaban J connectivity index is 1.88. The van der Waals surface area contributed by atoms with Crippen molar-refractivity contribution in [3.63, 3.8) is 0 Å². The lowest BCUT2D eigenvalue weighted by Crippen LogP contribution is -2.28. The molecule has 0 unspecified atom stereocenters. The van der Waals surface area contributed by atoms with E-state index < -0.39 is 0 Å². The van der Waals surface area contributed by atoms with Crippen LogP contribution in [-0.4, -0.2) is 26.2 Å². The van der Waals surface area contributed by atoms with Crippen LogP contribution < -0.4 is 14.8 Å². The Labute approximate surface area is 143 Å². The summed E-state index contributed by atoms with van der Waals surface area (Å²) >= 11 is 0. The number of nitrogens with one attached hydrogen (secondary N) is 1. The lowest BCUT2D eigenvalue weighted by molar-refractivity contribution is -0.116. The van der Waals surface area contributed by atoms with Gasteiger partial charge in [0, 0.05) is 12.6 Å². The minimum atomic E-state index is -0.0793. The van der Waals surface area contributed by atoms with Gasteiger partial charge in [-0.2, -0.15) is 5.26 Å². The van der Waals surface area contributed by atoms with Gasteiger partial charge in [-0.25, -0.2) is 0 Å². The molecule has 1 N–H and O–H groups in total. The predicted octanol–water partition coefficient (Wildman–Crippen LogP) is 3.31. The molecule has 5 nitrogen and oxygen atoms in total. The zero-order chi connectivity index (χ0) is 17.2. The molecule has 5 heteroatoms. The molecule has 0 heterocycles. The summed E-state index contributed by atoms with van der Waals surface area (Å²) in [4.78, 5) is 11.9. The van der Waals surface area contributed by atoms with Gasteiger partial charge in [0.15, 0.2) is 18.1 Å². The van der Waals surface area contributed by atoms with Gasteiger partial charge in [0.1, 0.15) is 6.07 Å². The average molecular weight is 328 g/mol. The van der Waals surface area contributed by atoms with Gasteiger partial charge in [0.05, 0.1) is 7.11 Å². The van der Waals surface area contributed by atoms with E-state index in [1.165, 1.54) is 38.2 Å². The van der Waals surface area contributed by atoms with Crippen LogP contribution in [0.3, 0.4) is 0 Å². The highest BCUT2D eigenvalue weighted by atomic mass is 16.5. The summed E-state index contributed by atoms with van der Waals surface area (Å²) < 4.78 is 10.5. The molecule has 1 amide bonds. The number of nitriles is 1. The van der Waals surface area contributed by atoms with Crippen molar-refractivity contribution < 1.29 is 14.3 Å². The molecule has 0 spiro atoms. The number of amides is 1. The summed E-state index contributed by atoms with van der Waals surface area (Å²) in [6.45, 7) is 0.725. The highest BCUT2D eigenvalue weighted by Crippen LogP contribution is 2.28. The number of hydrogen-bond donors (Lipinski definition) is 1. The average Bonchev–Trinajstić information content (AvgIpc) is 2.64. The molecule has 1 fully saturated rings. The molecule has 0 bridgehead atoms. The van der Waals surface area contributed by atoms with Crippen LogP contribution in [0.1, 0.15) is 37.7 Å². The lowest BCUT2D eigenvalue weighted by atomic mass is 9.89. The number of ether oxygens (including phenoxy) is 2. The van der Waals surface area contributed by atoms with Crippen LogP contribution in [0.2, 0.25) is 0 Å². The second kappa shape index (κ2) is 9.61. The topological polar surface area (TPSA) is 71.3 Å². The van der Waals surface area contributed by atoms with Crippen LogP contribution >= 0.6 is 0 Å². The van der Waals surface area contributed by atoms with Crippen molar-refractivity contribution in [1.82, 2.24) is 5.32 Å². The number of carbonyl (C=O) groups is 1. The maximum atomic E-state index is 11.9. The first-order chi connectivity index (χ1) is 11.7. The van der Waals surface area contributed by atoms with Crippen molar-refractivity contribution in [2.24, 2.45) is 5.92 Å².